The predicted octanol–water partition coefficient (Wildman–Crippen LogP) is 1.57. The van der Waals surface area contributed by atoms with E-state index in [0.717, 1.165) is 31.3 Å². The Morgan fingerprint density at radius 1 is 1.64 bits per heavy atom. The molecule has 0 amide bonds. The summed E-state index contributed by atoms with van der Waals surface area (Å²) in [7, 11) is 0. The molecule has 0 unspecified atom stereocenters. The number of rotatable bonds is 6. The van der Waals surface area contributed by atoms with Crippen LogP contribution in [0.1, 0.15) is 25.5 Å². The van der Waals surface area contributed by atoms with Gasteiger partial charge >= 0.3 is 6.08 Å². The molecule has 0 aliphatic heterocycles. The van der Waals surface area contributed by atoms with Crippen LogP contribution in [-0.4, -0.2) is 18.1 Å². The minimum atomic E-state index is 0.407. The standard InChI is InChI=1S/C10H16N2O2/c1-2-11-5-9-7-14-10(12-9)13-6-8-3-4-8/h7-8,11H,2-6H2,1H3. The maximum Gasteiger partial charge on any atom is 0.393 e. The number of aromatic nitrogens is 1. The number of hydrogen-bond acceptors (Lipinski definition) is 4. The van der Waals surface area contributed by atoms with Crippen molar-refractivity contribution < 1.29 is 9.15 Å². The molecule has 0 aromatic carbocycles. The van der Waals surface area contributed by atoms with Crippen LogP contribution in [0, 0.1) is 5.92 Å². The largest absolute Gasteiger partial charge is 0.450 e. The van der Waals surface area contributed by atoms with Gasteiger partial charge in [-0.3, -0.25) is 0 Å². The van der Waals surface area contributed by atoms with E-state index in [2.05, 4.69) is 17.2 Å². The molecule has 14 heavy (non-hydrogen) atoms. The minimum Gasteiger partial charge on any atom is -0.450 e. The highest BCUT2D eigenvalue weighted by Crippen LogP contribution is 2.29. The molecule has 1 aromatic rings. The third-order valence-corrected chi connectivity index (χ3v) is 2.23. The molecular weight excluding hydrogens is 180 g/mol. The van der Waals surface area contributed by atoms with Crippen molar-refractivity contribution in [2.45, 2.75) is 26.3 Å². The molecule has 1 heterocycles. The summed E-state index contributed by atoms with van der Waals surface area (Å²) in [5.41, 5.74) is 0.901. The topological polar surface area (TPSA) is 47.3 Å². The van der Waals surface area contributed by atoms with Crippen molar-refractivity contribution in [3.05, 3.63) is 12.0 Å². The zero-order valence-electron chi connectivity index (χ0n) is 8.45. The van der Waals surface area contributed by atoms with Gasteiger partial charge in [-0.15, -0.1) is 0 Å². The van der Waals surface area contributed by atoms with Crippen LogP contribution in [0.5, 0.6) is 6.08 Å². The van der Waals surface area contributed by atoms with Gasteiger partial charge in [0.1, 0.15) is 6.26 Å². The zero-order chi connectivity index (χ0) is 9.80. The Bertz CT molecular complexity index is 281. The fourth-order valence-electron chi connectivity index (χ4n) is 1.16. The highest BCUT2D eigenvalue weighted by Gasteiger charge is 2.22. The van der Waals surface area contributed by atoms with E-state index in [4.69, 9.17) is 9.15 Å². The Hall–Kier alpha value is -1.03. The lowest BCUT2D eigenvalue weighted by atomic mass is 10.5. The molecule has 1 aliphatic carbocycles. The second-order valence-corrected chi connectivity index (χ2v) is 3.64. The first-order valence-corrected chi connectivity index (χ1v) is 5.16. The molecule has 1 N–H and O–H groups in total. The number of nitrogens with zero attached hydrogens (tertiary/aromatic N) is 1. The van der Waals surface area contributed by atoms with E-state index in [1.54, 1.807) is 6.26 Å². The Morgan fingerprint density at radius 3 is 3.21 bits per heavy atom. The summed E-state index contributed by atoms with van der Waals surface area (Å²) in [6, 6.07) is 0. The molecule has 78 valence electrons. The SMILES string of the molecule is CCNCc1coc(OCC2CC2)n1. The van der Waals surface area contributed by atoms with E-state index in [1.807, 2.05) is 0 Å². The van der Waals surface area contributed by atoms with Crippen LogP contribution in [0.3, 0.4) is 0 Å². The van der Waals surface area contributed by atoms with Gasteiger partial charge in [-0.2, -0.15) is 4.98 Å². The van der Waals surface area contributed by atoms with Crippen LogP contribution in [0.2, 0.25) is 0 Å². The average molecular weight is 196 g/mol. The number of nitrogens with one attached hydrogen (secondary N) is 1. The Kier molecular flexibility index (Phi) is 3.03. The average Bonchev–Trinajstić information content (AvgIpc) is 2.92. The molecule has 0 spiro atoms. The fraction of sp³-hybridized carbons (Fsp3) is 0.700. The second-order valence-electron chi connectivity index (χ2n) is 3.64. The van der Waals surface area contributed by atoms with Crippen LogP contribution in [0.25, 0.3) is 0 Å². The van der Waals surface area contributed by atoms with Crippen molar-refractivity contribution in [1.29, 1.82) is 0 Å². The molecule has 0 radical (unpaired) electrons. The van der Waals surface area contributed by atoms with Crippen LogP contribution >= 0.6 is 0 Å². The first-order valence-electron chi connectivity index (χ1n) is 5.16. The molecule has 4 heteroatoms. The van der Waals surface area contributed by atoms with Crippen LogP contribution in [-0.2, 0) is 6.54 Å². The molecule has 1 aromatic heterocycles. The third kappa shape index (κ3) is 2.73. The molecule has 1 saturated carbocycles. The normalized spacial score (nSPS) is 15.8. The molecule has 0 bridgehead atoms. The van der Waals surface area contributed by atoms with Gasteiger partial charge in [-0.25, -0.2) is 0 Å². The van der Waals surface area contributed by atoms with Crippen LogP contribution < -0.4 is 10.1 Å². The van der Waals surface area contributed by atoms with Crippen LogP contribution in [0.15, 0.2) is 10.7 Å². The van der Waals surface area contributed by atoms with Crippen LogP contribution in [0.4, 0.5) is 0 Å². The van der Waals surface area contributed by atoms with E-state index in [0.29, 0.717) is 6.08 Å². The Balaban J connectivity index is 1.76. The van der Waals surface area contributed by atoms with Crippen molar-refractivity contribution in [1.82, 2.24) is 10.3 Å². The highest BCUT2D eigenvalue weighted by molar-refractivity contribution is 4.99. The van der Waals surface area contributed by atoms with Gasteiger partial charge in [-0.1, -0.05) is 6.92 Å². The molecule has 0 saturated heterocycles. The predicted molar refractivity (Wildman–Crippen MR) is 52.1 cm³/mol. The first-order chi connectivity index (χ1) is 6.88. The van der Waals surface area contributed by atoms with Crippen molar-refractivity contribution in [2.75, 3.05) is 13.2 Å². The van der Waals surface area contributed by atoms with Crippen molar-refractivity contribution >= 4 is 0 Å². The zero-order valence-corrected chi connectivity index (χ0v) is 8.45. The number of oxazole rings is 1. The Morgan fingerprint density at radius 2 is 2.50 bits per heavy atom. The molecule has 0 atom stereocenters. The van der Waals surface area contributed by atoms with E-state index >= 15 is 0 Å². The maximum atomic E-state index is 5.38. The second kappa shape index (κ2) is 4.46. The maximum absolute atomic E-state index is 5.38. The van der Waals surface area contributed by atoms with E-state index in [9.17, 15) is 0 Å². The number of ether oxygens (including phenoxy) is 1. The molecule has 1 fully saturated rings. The fourth-order valence-corrected chi connectivity index (χ4v) is 1.16. The lowest BCUT2D eigenvalue weighted by Crippen LogP contribution is -2.11. The first kappa shape index (κ1) is 9.52. The van der Waals surface area contributed by atoms with Crippen molar-refractivity contribution in [3.8, 4) is 6.08 Å². The third-order valence-electron chi connectivity index (χ3n) is 2.23. The van der Waals surface area contributed by atoms with Gasteiger partial charge in [0.25, 0.3) is 0 Å². The molecule has 4 nitrogen and oxygen atoms in total. The van der Waals surface area contributed by atoms with Gasteiger partial charge < -0.3 is 14.5 Å². The Labute approximate surface area is 83.7 Å². The van der Waals surface area contributed by atoms with Crippen molar-refractivity contribution in [3.63, 3.8) is 0 Å². The van der Waals surface area contributed by atoms with Gasteiger partial charge in [0.15, 0.2) is 0 Å². The van der Waals surface area contributed by atoms with Gasteiger partial charge in [-0.05, 0) is 25.3 Å². The number of hydrogen-bond donors (Lipinski definition) is 1. The van der Waals surface area contributed by atoms with Gasteiger partial charge in [0.2, 0.25) is 0 Å². The lowest BCUT2D eigenvalue weighted by molar-refractivity contribution is 0.219. The minimum absolute atomic E-state index is 0.407. The monoisotopic (exact) mass is 196 g/mol. The van der Waals surface area contributed by atoms with E-state index in [1.165, 1.54) is 12.8 Å². The highest BCUT2D eigenvalue weighted by atomic mass is 16.6. The quantitative estimate of drug-likeness (QED) is 0.750. The van der Waals surface area contributed by atoms with E-state index in [-0.39, 0.29) is 0 Å². The van der Waals surface area contributed by atoms with Gasteiger partial charge in [0.05, 0.1) is 12.3 Å². The van der Waals surface area contributed by atoms with Crippen molar-refractivity contribution in [2.24, 2.45) is 5.92 Å². The summed E-state index contributed by atoms with van der Waals surface area (Å²) in [5, 5.41) is 3.18. The lowest BCUT2D eigenvalue weighted by Gasteiger charge is -1.97. The summed E-state index contributed by atoms with van der Waals surface area (Å²) < 4.78 is 10.6. The molecule has 1 aliphatic rings. The summed E-state index contributed by atoms with van der Waals surface area (Å²) >= 11 is 0. The summed E-state index contributed by atoms with van der Waals surface area (Å²) in [5.74, 6) is 0.735. The summed E-state index contributed by atoms with van der Waals surface area (Å²) in [6.45, 7) is 4.49. The summed E-state index contributed by atoms with van der Waals surface area (Å²) in [6.07, 6.45) is 4.62. The molecular formula is C10H16N2O2. The van der Waals surface area contributed by atoms with E-state index < -0.39 is 0 Å². The summed E-state index contributed by atoms with van der Waals surface area (Å²) in [4.78, 5) is 4.20. The van der Waals surface area contributed by atoms with Gasteiger partial charge in [0, 0.05) is 6.54 Å². The molecule has 2 rings (SSSR count). The smallest absolute Gasteiger partial charge is 0.393 e.